The van der Waals surface area contributed by atoms with Gasteiger partial charge in [0.05, 0.1) is 5.69 Å². The summed E-state index contributed by atoms with van der Waals surface area (Å²) < 4.78 is 7.04. The van der Waals surface area contributed by atoms with E-state index in [-0.39, 0.29) is 30.0 Å². The van der Waals surface area contributed by atoms with Gasteiger partial charge in [0.25, 0.3) is 0 Å². The van der Waals surface area contributed by atoms with Crippen molar-refractivity contribution < 1.29 is 4.74 Å². The van der Waals surface area contributed by atoms with Crippen molar-refractivity contribution >= 4 is 23.0 Å². The number of hydrogen-bond acceptors (Lipinski definition) is 5. The highest BCUT2D eigenvalue weighted by atomic mass is 16.5. The first-order chi connectivity index (χ1) is 28.6. The Morgan fingerprint density at radius 2 is 1.60 bits per heavy atom. The third kappa shape index (κ3) is 6.19. The molecule has 1 saturated carbocycles. The second-order valence-corrected chi connectivity index (χ2v) is 18.3. The van der Waals surface area contributed by atoms with E-state index in [1.54, 1.807) is 0 Å². The topological polar surface area (TPSA) is 40.4 Å². The van der Waals surface area contributed by atoms with Gasteiger partial charge in [0, 0.05) is 59.5 Å². The lowest BCUT2D eigenvalue weighted by Gasteiger charge is -2.45. The quantitative estimate of drug-likeness (QED) is 0.235. The molecule has 0 N–H and O–H groups in total. The van der Waals surface area contributed by atoms with E-state index in [1.165, 1.54) is 70.9 Å². The molecule has 3 aliphatic heterocycles. The number of fused-ring (bicyclic) bond motifs is 7. The summed E-state index contributed by atoms with van der Waals surface area (Å²) in [6.45, 7) is 2.44. The zero-order valence-electron chi connectivity index (χ0n) is 34.0. The van der Waals surface area contributed by atoms with E-state index in [2.05, 4.69) is 157 Å². The number of benzene rings is 3. The summed E-state index contributed by atoms with van der Waals surface area (Å²) >= 11 is 0. The monoisotopic (exact) mass is 764 g/mol. The molecule has 0 spiro atoms. The van der Waals surface area contributed by atoms with Crippen molar-refractivity contribution in [3.05, 3.63) is 162 Å². The largest absolute Gasteiger partial charge is 0.485 e. The molecule has 8 aliphatic rings. The van der Waals surface area contributed by atoms with Gasteiger partial charge < -0.3 is 14.5 Å². The number of ether oxygens (including phenoxy) is 1. The Labute approximate surface area is 345 Å². The van der Waals surface area contributed by atoms with Crippen LogP contribution >= 0.6 is 0 Å². The maximum Gasteiger partial charge on any atom is 0.134 e. The first-order valence-corrected chi connectivity index (χ1v) is 22.3. The van der Waals surface area contributed by atoms with E-state index in [0.29, 0.717) is 23.7 Å². The predicted molar refractivity (Wildman–Crippen MR) is 238 cm³/mol. The second-order valence-electron chi connectivity index (χ2n) is 18.3. The summed E-state index contributed by atoms with van der Waals surface area (Å²) in [4.78, 5) is 16.3. The molecule has 3 aromatic rings. The standard InChI is InChI=1S/C53H56N4O/c1-34-15-14-20-39(31-34)52-54-51(36-18-8-4-9-19-36)55-53(56(52)2)44-32-37(35-16-6-3-7-17-35)25-27-41(44)38-26-28-43-48(33-38)58-47-30-29-46-49(50(43)47)42-23-12-13-24-45(42)57(46)40-21-10-5-11-22-40/h3-13,16-18,21-22,24-25,27,29-30,33-34,36-37,39,41-44,48,52H,14-15,19-20,23,26,28,31-32H2,1-2H3/t34?,36-,37?,39?,41?,42?,43?,44?,48?,52?/m0/s1. The molecule has 3 aromatic carbocycles. The Kier molecular flexibility index (Phi) is 9.24. The molecular weight excluding hydrogens is 709 g/mol. The van der Waals surface area contributed by atoms with Crippen molar-refractivity contribution in [1.82, 2.24) is 4.90 Å². The van der Waals surface area contributed by atoms with Crippen LogP contribution in [0.15, 0.2) is 155 Å². The molecule has 9 unspecified atom stereocenters. The first-order valence-electron chi connectivity index (χ1n) is 22.3. The summed E-state index contributed by atoms with van der Waals surface area (Å²) in [6.07, 6.45) is 34.0. The van der Waals surface area contributed by atoms with E-state index in [0.717, 1.165) is 49.6 Å². The van der Waals surface area contributed by atoms with Gasteiger partial charge in [-0.3, -0.25) is 0 Å². The van der Waals surface area contributed by atoms with Crippen LogP contribution in [0.5, 0.6) is 5.75 Å². The second kappa shape index (κ2) is 14.9. The summed E-state index contributed by atoms with van der Waals surface area (Å²) in [6, 6.07) is 26.6. The van der Waals surface area contributed by atoms with E-state index in [9.17, 15) is 0 Å². The molecule has 0 amide bonds. The molecule has 0 radical (unpaired) electrons. The molecule has 0 bridgehead atoms. The van der Waals surface area contributed by atoms with E-state index < -0.39 is 0 Å². The van der Waals surface area contributed by atoms with Gasteiger partial charge in [-0.25, -0.2) is 9.98 Å². The molecule has 5 heteroatoms. The number of rotatable bonds is 6. The van der Waals surface area contributed by atoms with Gasteiger partial charge >= 0.3 is 0 Å². The van der Waals surface area contributed by atoms with Crippen LogP contribution in [-0.2, 0) is 0 Å². The van der Waals surface area contributed by atoms with Gasteiger partial charge in [0.1, 0.15) is 29.7 Å². The van der Waals surface area contributed by atoms with Crippen molar-refractivity contribution in [2.24, 2.45) is 39.6 Å². The first kappa shape index (κ1) is 36.0. The SMILES string of the molecule is CC1CCCC(C2N=C([C@H]3C=CC=CC3)N=C(C3CC(c4ccccc4)C=CC3C3=CC4Oc5ccc6c(c5C4CC3)C3CC=CC=C3N6c3ccccc3)N2C)C1. The lowest BCUT2D eigenvalue weighted by Crippen LogP contribution is -2.50. The molecular formula is C53H56N4O. The zero-order valence-corrected chi connectivity index (χ0v) is 34.0. The summed E-state index contributed by atoms with van der Waals surface area (Å²) in [5.41, 5.74) is 9.81. The summed E-state index contributed by atoms with van der Waals surface area (Å²) in [7, 11) is 2.32. The van der Waals surface area contributed by atoms with Crippen molar-refractivity contribution in [2.45, 2.75) is 94.7 Å². The van der Waals surface area contributed by atoms with Crippen LogP contribution in [0.2, 0.25) is 0 Å². The van der Waals surface area contributed by atoms with E-state index >= 15 is 0 Å². The van der Waals surface area contributed by atoms with Crippen LogP contribution in [-0.4, -0.2) is 35.9 Å². The van der Waals surface area contributed by atoms with Crippen LogP contribution in [0.25, 0.3) is 0 Å². The molecule has 294 valence electrons. The maximum atomic E-state index is 7.04. The van der Waals surface area contributed by atoms with Crippen LogP contribution < -0.4 is 9.64 Å². The molecule has 3 heterocycles. The van der Waals surface area contributed by atoms with Crippen molar-refractivity contribution in [3.8, 4) is 5.75 Å². The Morgan fingerprint density at radius 3 is 2.43 bits per heavy atom. The van der Waals surface area contributed by atoms with Crippen molar-refractivity contribution in [1.29, 1.82) is 0 Å². The third-order valence-corrected chi connectivity index (χ3v) is 14.8. The number of anilines is 2. The smallest absolute Gasteiger partial charge is 0.134 e. The minimum Gasteiger partial charge on any atom is -0.485 e. The fourth-order valence-electron chi connectivity index (χ4n) is 12.0. The van der Waals surface area contributed by atoms with Crippen LogP contribution in [0.4, 0.5) is 11.4 Å². The lowest BCUT2D eigenvalue weighted by molar-refractivity contribution is 0.170. The minimum absolute atomic E-state index is 0.0438. The molecule has 58 heavy (non-hydrogen) atoms. The van der Waals surface area contributed by atoms with Crippen LogP contribution in [0.1, 0.15) is 99.2 Å². The van der Waals surface area contributed by atoms with Gasteiger partial charge in [-0.1, -0.05) is 122 Å². The van der Waals surface area contributed by atoms with Gasteiger partial charge in [0.15, 0.2) is 0 Å². The molecule has 5 nitrogen and oxygen atoms in total. The van der Waals surface area contributed by atoms with Crippen LogP contribution in [0, 0.1) is 29.6 Å². The molecule has 10 atom stereocenters. The fraction of sp³-hybridized carbons (Fsp3) is 0.396. The molecule has 11 rings (SSSR count). The van der Waals surface area contributed by atoms with E-state index in [4.69, 9.17) is 14.7 Å². The number of allylic oxidation sites excluding steroid dienone is 10. The Morgan fingerprint density at radius 1 is 0.759 bits per heavy atom. The Balaban J connectivity index is 0.960. The van der Waals surface area contributed by atoms with Gasteiger partial charge in [-0.05, 0) is 104 Å². The highest BCUT2D eigenvalue weighted by Gasteiger charge is 2.47. The highest BCUT2D eigenvalue weighted by molar-refractivity contribution is 6.02. The Bertz CT molecular complexity index is 2310. The minimum atomic E-state index is 0.0438. The van der Waals surface area contributed by atoms with Crippen molar-refractivity contribution in [2.75, 3.05) is 11.9 Å². The average molecular weight is 765 g/mol. The van der Waals surface area contributed by atoms with E-state index in [1.807, 2.05) is 0 Å². The van der Waals surface area contributed by atoms with Gasteiger partial charge in [-0.2, -0.15) is 0 Å². The molecule has 0 aromatic heterocycles. The number of aliphatic imine (C=N–C) groups is 2. The number of para-hydroxylation sites is 1. The fourth-order valence-corrected chi connectivity index (χ4v) is 12.0. The third-order valence-electron chi connectivity index (χ3n) is 14.8. The number of hydrogen-bond donors (Lipinski definition) is 0. The lowest BCUT2D eigenvalue weighted by atomic mass is 9.69. The normalized spacial score (nSPS) is 33.3. The zero-order chi connectivity index (χ0) is 38.7. The predicted octanol–water partition coefficient (Wildman–Crippen LogP) is 12.3. The Hall–Kier alpha value is -5.16. The number of nitrogens with zero attached hydrogens (tertiary/aromatic N) is 4. The molecule has 5 aliphatic carbocycles. The summed E-state index contributed by atoms with van der Waals surface area (Å²) in [5, 5.41) is 0. The molecule has 1 fully saturated rings. The van der Waals surface area contributed by atoms with Gasteiger partial charge in [0.2, 0.25) is 0 Å². The van der Waals surface area contributed by atoms with Crippen LogP contribution in [0.3, 0.4) is 0 Å². The summed E-state index contributed by atoms with van der Waals surface area (Å²) in [5.74, 6) is 6.46. The molecule has 0 saturated heterocycles. The average Bonchev–Trinajstić information content (AvgIpc) is 3.82. The maximum absolute atomic E-state index is 7.04. The highest BCUT2D eigenvalue weighted by Crippen LogP contribution is 2.59. The number of amidine groups is 2. The van der Waals surface area contributed by atoms with Gasteiger partial charge in [-0.15, -0.1) is 0 Å². The van der Waals surface area contributed by atoms with Crippen molar-refractivity contribution in [3.63, 3.8) is 0 Å².